The summed E-state index contributed by atoms with van der Waals surface area (Å²) >= 11 is 5.95. The Morgan fingerprint density at radius 3 is 2.54 bits per heavy atom. The van der Waals surface area contributed by atoms with Crippen LogP contribution in [-0.4, -0.2) is 45.6 Å². The van der Waals surface area contributed by atoms with Crippen molar-refractivity contribution in [2.75, 3.05) is 18.0 Å². The van der Waals surface area contributed by atoms with Crippen LogP contribution in [-0.2, 0) is 11.8 Å². The van der Waals surface area contributed by atoms with Crippen molar-refractivity contribution < 1.29 is 9.59 Å². The Morgan fingerprint density at radius 1 is 1.18 bits per heavy atom. The van der Waals surface area contributed by atoms with Gasteiger partial charge in [-0.1, -0.05) is 31.4 Å². The minimum absolute atomic E-state index is 0.0274. The van der Waals surface area contributed by atoms with Gasteiger partial charge in [0.15, 0.2) is 0 Å². The Labute approximate surface area is 168 Å². The van der Waals surface area contributed by atoms with Crippen LogP contribution < -0.4 is 10.5 Å². The Balaban J connectivity index is 1.87. The molecule has 8 heteroatoms. The van der Waals surface area contributed by atoms with Gasteiger partial charge in [0.1, 0.15) is 12.2 Å². The molecule has 148 valence electrons. The van der Waals surface area contributed by atoms with Crippen LogP contribution in [0.2, 0.25) is 5.02 Å². The second-order valence-electron chi connectivity index (χ2n) is 6.89. The van der Waals surface area contributed by atoms with Crippen LogP contribution in [0.25, 0.3) is 0 Å². The number of rotatable bonds is 5. The zero-order valence-corrected chi connectivity index (χ0v) is 16.7. The maximum atomic E-state index is 13.0. The molecular weight excluding hydrogens is 380 g/mol. The van der Waals surface area contributed by atoms with Crippen LogP contribution in [0.15, 0.2) is 41.2 Å². The van der Waals surface area contributed by atoms with E-state index >= 15 is 0 Å². The van der Waals surface area contributed by atoms with E-state index in [2.05, 4.69) is 12.0 Å². The third kappa shape index (κ3) is 4.25. The number of nitrogens with zero attached hydrogens (tertiary/aromatic N) is 4. The summed E-state index contributed by atoms with van der Waals surface area (Å²) in [5, 5.41) is 4.65. The first-order valence-electron chi connectivity index (χ1n) is 9.32. The van der Waals surface area contributed by atoms with Crippen molar-refractivity contribution in [3.8, 4) is 0 Å². The van der Waals surface area contributed by atoms with E-state index in [1.165, 1.54) is 19.2 Å². The maximum absolute atomic E-state index is 13.0. The van der Waals surface area contributed by atoms with E-state index in [1.807, 2.05) is 12.1 Å². The standard InChI is InChI=1S/C20H23ClN4O3/c1-3-4-5-16-12-24(15-8-6-14(21)7-9-15)19(27)13-25(16)20(28)17-10-11-18(26)23(2)22-17/h6-11,16H,3-5,12-13H2,1-2H3. The average Bonchev–Trinajstić information content (AvgIpc) is 2.69. The molecule has 0 radical (unpaired) electrons. The van der Waals surface area contributed by atoms with E-state index in [0.717, 1.165) is 29.6 Å². The fourth-order valence-corrected chi connectivity index (χ4v) is 3.46. The topological polar surface area (TPSA) is 75.5 Å². The lowest BCUT2D eigenvalue weighted by atomic mass is 10.0. The average molecular weight is 403 g/mol. The van der Waals surface area contributed by atoms with Gasteiger partial charge in [0, 0.05) is 30.4 Å². The van der Waals surface area contributed by atoms with Gasteiger partial charge in [-0.15, -0.1) is 0 Å². The fourth-order valence-electron chi connectivity index (χ4n) is 3.33. The summed E-state index contributed by atoms with van der Waals surface area (Å²) in [6, 6.07) is 9.71. The van der Waals surface area contributed by atoms with E-state index in [9.17, 15) is 14.4 Å². The molecule has 0 saturated carbocycles. The lowest BCUT2D eigenvalue weighted by molar-refractivity contribution is -0.121. The molecule has 0 spiro atoms. The molecule has 1 aliphatic heterocycles. The number of amides is 2. The normalized spacial score (nSPS) is 17.1. The monoisotopic (exact) mass is 402 g/mol. The molecule has 0 aliphatic carbocycles. The van der Waals surface area contributed by atoms with Gasteiger partial charge in [0.25, 0.3) is 11.5 Å². The molecule has 1 aromatic heterocycles. The number of aryl methyl sites for hydroxylation is 1. The fraction of sp³-hybridized carbons (Fsp3) is 0.400. The minimum Gasteiger partial charge on any atom is -0.323 e. The third-order valence-corrected chi connectivity index (χ3v) is 5.16. The van der Waals surface area contributed by atoms with Crippen molar-refractivity contribution in [2.24, 2.45) is 7.05 Å². The molecule has 2 amide bonds. The summed E-state index contributed by atoms with van der Waals surface area (Å²) in [4.78, 5) is 40.7. The maximum Gasteiger partial charge on any atom is 0.275 e. The number of hydrogen-bond acceptors (Lipinski definition) is 4. The number of benzene rings is 1. The number of carbonyl (C=O) groups is 2. The Bertz CT molecular complexity index is 926. The number of anilines is 1. The van der Waals surface area contributed by atoms with Gasteiger partial charge in [-0.25, -0.2) is 4.68 Å². The molecular formula is C20H23ClN4O3. The summed E-state index contributed by atoms with van der Waals surface area (Å²) in [5.41, 5.74) is 0.641. The predicted molar refractivity (Wildman–Crippen MR) is 108 cm³/mol. The minimum atomic E-state index is -0.333. The van der Waals surface area contributed by atoms with Gasteiger partial charge >= 0.3 is 0 Å². The number of halogens is 1. The second kappa shape index (κ2) is 8.56. The van der Waals surface area contributed by atoms with Gasteiger partial charge in [-0.3, -0.25) is 14.4 Å². The Morgan fingerprint density at radius 2 is 1.89 bits per heavy atom. The van der Waals surface area contributed by atoms with Crippen molar-refractivity contribution in [3.63, 3.8) is 0 Å². The zero-order chi connectivity index (χ0) is 20.3. The van der Waals surface area contributed by atoms with Gasteiger partial charge in [0.2, 0.25) is 5.91 Å². The summed E-state index contributed by atoms with van der Waals surface area (Å²) in [6.45, 7) is 2.48. The van der Waals surface area contributed by atoms with Crippen LogP contribution in [0.5, 0.6) is 0 Å². The van der Waals surface area contributed by atoms with Crippen molar-refractivity contribution in [1.29, 1.82) is 0 Å². The molecule has 1 fully saturated rings. The van der Waals surface area contributed by atoms with Crippen LogP contribution in [0, 0.1) is 0 Å². The third-order valence-electron chi connectivity index (χ3n) is 4.91. The molecule has 2 aromatic rings. The quantitative estimate of drug-likeness (QED) is 0.770. The summed E-state index contributed by atoms with van der Waals surface area (Å²) < 4.78 is 1.13. The first kappa shape index (κ1) is 20.1. The van der Waals surface area contributed by atoms with Crippen molar-refractivity contribution >= 4 is 29.1 Å². The van der Waals surface area contributed by atoms with Gasteiger partial charge < -0.3 is 9.80 Å². The largest absolute Gasteiger partial charge is 0.323 e. The number of hydrogen-bond donors (Lipinski definition) is 0. The summed E-state index contributed by atoms with van der Waals surface area (Å²) in [6.07, 6.45) is 2.72. The molecule has 2 heterocycles. The Kier molecular flexibility index (Phi) is 6.14. The SMILES string of the molecule is CCCCC1CN(c2ccc(Cl)cc2)C(=O)CN1C(=O)c1ccc(=O)n(C)n1. The highest BCUT2D eigenvalue weighted by molar-refractivity contribution is 6.30. The highest BCUT2D eigenvalue weighted by Gasteiger charge is 2.36. The summed E-state index contributed by atoms with van der Waals surface area (Å²) in [7, 11) is 1.50. The molecule has 7 nitrogen and oxygen atoms in total. The second-order valence-corrected chi connectivity index (χ2v) is 7.33. The first-order chi connectivity index (χ1) is 13.4. The molecule has 1 aromatic carbocycles. The predicted octanol–water partition coefficient (Wildman–Crippen LogP) is 2.48. The molecule has 0 N–H and O–H groups in total. The molecule has 28 heavy (non-hydrogen) atoms. The molecule has 3 rings (SSSR count). The first-order valence-corrected chi connectivity index (χ1v) is 9.69. The van der Waals surface area contributed by atoms with E-state index < -0.39 is 0 Å². The molecule has 1 unspecified atom stereocenters. The molecule has 1 atom stereocenters. The Hall–Kier alpha value is -2.67. The number of piperazine rings is 1. The zero-order valence-electron chi connectivity index (χ0n) is 16.0. The summed E-state index contributed by atoms with van der Waals surface area (Å²) in [5.74, 6) is -0.492. The van der Waals surface area contributed by atoms with Crippen LogP contribution in [0.4, 0.5) is 5.69 Å². The molecule has 1 aliphatic rings. The van der Waals surface area contributed by atoms with Crippen LogP contribution in [0.1, 0.15) is 36.7 Å². The van der Waals surface area contributed by atoms with Gasteiger partial charge in [-0.2, -0.15) is 5.10 Å². The van der Waals surface area contributed by atoms with Gasteiger partial charge in [-0.05, 0) is 36.8 Å². The highest BCUT2D eigenvalue weighted by atomic mass is 35.5. The molecule has 0 bridgehead atoms. The lowest BCUT2D eigenvalue weighted by Gasteiger charge is -2.41. The highest BCUT2D eigenvalue weighted by Crippen LogP contribution is 2.25. The van der Waals surface area contributed by atoms with E-state index in [0.29, 0.717) is 11.6 Å². The lowest BCUT2D eigenvalue weighted by Crippen LogP contribution is -2.58. The van der Waals surface area contributed by atoms with Crippen LogP contribution >= 0.6 is 11.6 Å². The van der Waals surface area contributed by atoms with E-state index in [1.54, 1.807) is 21.9 Å². The van der Waals surface area contributed by atoms with Crippen molar-refractivity contribution in [1.82, 2.24) is 14.7 Å². The van der Waals surface area contributed by atoms with E-state index in [4.69, 9.17) is 11.6 Å². The number of aromatic nitrogens is 2. The van der Waals surface area contributed by atoms with E-state index in [-0.39, 0.29) is 35.7 Å². The number of unbranched alkanes of at least 4 members (excludes halogenated alkanes) is 1. The molecule has 1 saturated heterocycles. The van der Waals surface area contributed by atoms with Crippen LogP contribution in [0.3, 0.4) is 0 Å². The van der Waals surface area contributed by atoms with Gasteiger partial charge in [0.05, 0.1) is 6.04 Å². The van der Waals surface area contributed by atoms with Crippen molar-refractivity contribution in [2.45, 2.75) is 32.2 Å². The van der Waals surface area contributed by atoms with Crippen molar-refractivity contribution in [3.05, 3.63) is 57.5 Å². The smallest absolute Gasteiger partial charge is 0.275 e. The number of carbonyl (C=O) groups excluding carboxylic acids is 2.